The first-order chi connectivity index (χ1) is 10.0. The van der Waals surface area contributed by atoms with E-state index < -0.39 is 0 Å². The minimum atomic E-state index is -0.381. The van der Waals surface area contributed by atoms with Crippen LogP contribution in [0.5, 0.6) is 11.5 Å². The van der Waals surface area contributed by atoms with Crippen molar-refractivity contribution in [3.8, 4) is 11.5 Å². The van der Waals surface area contributed by atoms with Gasteiger partial charge in [-0.3, -0.25) is 0 Å². The fourth-order valence-corrected chi connectivity index (χ4v) is 2.44. The van der Waals surface area contributed by atoms with Crippen LogP contribution in [0.3, 0.4) is 0 Å². The van der Waals surface area contributed by atoms with Crippen molar-refractivity contribution in [2.45, 2.75) is 19.5 Å². The van der Waals surface area contributed by atoms with Crippen LogP contribution in [0.4, 0.5) is 4.39 Å². The highest BCUT2D eigenvalue weighted by Crippen LogP contribution is 2.28. The minimum absolute atomic E-state index is 0.0520. The summed E-state index contributed by atoms with van der Waals surface area (Å²) >= 11 is 3.28. The first-order valence-corrected chi connectivity index (χ1v) is 7.35. The molecule has 2 aromatic carbocycles. The van der Waals surface area contributed by atoms with Gasteiger partial charge in [-0.05, 0) is 46.6 Å². The monoisotopic (exact) mass is 353 g/mol. The maximum absolute atomic E-state index is 13.7. The molecule has 2 aromatic rings. The Kier molecular flexibility index (Phi) is 5.20. The summed E-state index contributed by atoms with van der Waals surface area (Å²) in [7, 11) is 1.44. The van der Waals surface area contributed by atoms with Crippen molar-refractivity contribution in [3.05, 3.63) is 57.8 Å². The first kappa shape index (κ1) is 15.8. The fourth-order valence-electron chi connectivity index (χ4n) is 2.04. The molecule has 21 heavy (non-hydrogen) atoms. The zero-order chi connectivity index (χ0) is 15.4. The van der Waals surface area contributed by atoms with Crippen LogP contribution in [0.1, 0.15) is 24.1 Å². The van der Waals surface area contributed by atoms with Gasteiger partial charge in [-0.1, -0.05) is 18.2 Å². The maximum atomic E-state index is 13.7. The number of methoxy groups -OCH3 is 1. The largest absolute Gasteiger partial charge is 0.506 e. The molecule has 0 aliphatic carbocycles. The number of hydrogen-bond acceptors (Lipinski definition) is 3. The summed E-state index contributed by atoms with van der Waals surface area (Å²) in [4.78, 5) is 0. The Bertz CT molecular complexity index is 634. The van der Waals surface area contributed by atoms with E-state index in [0.29, 0.717) is 11.0 Å². The molecule has 3 nitrogen and oxygen atoms in total. The number of hydrogen-bond donors (Lipinski definition) is 2. The fraction of sp³-hybridized carbons (Fsp3) is 0.250. The lowest BCUT2D eigenvalue weighted by molar-refractivity contribution is 0.385. The van der Waals surface area contributed by atoms with Gasteiger partial charge in [0, 0.05) is 18.2 Å². The number of aromatic hydroxyl groups is 1. The molecule has 0 bridgehead atoms. The summed E-state index contributed by atoms with van der Waals surface area (Å²) in [6.07, 6.45) is 0. The van der Waals surface area contributed by atoms with Crippen LogP contribution in [0, 0.1) is 5.82 Å². The van der Waals surface area contributed by atoms with E-state index in [4.69, 9.17) is 4.74 Å². The molecular formula is C16H17BrFNO2. The molecule has 1 unspecified atom stereocenters. The molecule has 0 aliphatic heterocycles. The van der Waals surface area contributed by atoms with E-state index in [-0.39, 0.29) is 23.4 Å². The summed E-state index contributed by atoms with van der Waals surface area (Å²) < 4.78 is 19.3. The Morgan fingerprint density at radius 2 is 2.10 bits per heavy atom. The molecule has 0 spiro atoms. The quantitative estimate of drug-likeness (QED) is 0.848. The molecule has 0 aromatic heterocycles. The smallest absolute Gasteiger partial charge is 0.165 e. The predicted molar refractivity (Wildman–Crippen MR) is 84.0 cm³/mol. The third-order valence-corrected chi connectivity index (χ3v) is 3.98. The molecule has 2 N–H and O–H groups in total. The summed E-state index contributed by atoms with van der Waals surface area (Å²) in [6, 6.07) is 10.3. The lowest BCUT2D eigenvalue weighted by Gasteiger charge is -2.16. The van der Waals surface area contributed by atoms with E-state index in [1.807, 2.05) is 25.1 Å². The molecule has 0 heterocycles. The van der Waals surface area contributed by atoms with Crippen LogP contribution < -0.4 is 10.1 Å². The van der Waals surface area contributed by atoms with Crippen molar-refractivity contribution in [2.24, 2.45) is 0 Å². The molecule has 112 valence electrons. The van der Waals surface area contributed by atoms with Gasteiger partial charge in [0.1, 0.15) is 5.75 Å². The van der Waals surface area contributed by atoms with Gasteiger partial charge in [0.15, 0.2) is 11.6 Å². The summed E-state index contributed by atoms with van der Waals surface area (Å²) in [6.45, 7) is 2.43. The summed E-state index contributed by atoms with van der Waals surface area (Å²) in [5.74, 6) is 0.0719. The number of nitrogens with one attached hydrogen (secondary N) is 1. The average Bonchev–Trinajstić information content (AvgIpc) is 2.48. The Hall–Kier alpha value is -1.59. The number of benzene rings is 2. The first-order valence-electron chi connectivity index (χ1n) is 6.56. The van der Waals surface area contributed by atoms with Gasteiger partial charge in [0.25, 0.3) is 0 Å². The molecular weight excluding hydrogens is 337 g/mol. The molecule has 0 saturated carbocycles. The highest BCUT2D eigenvalue weighted by molar-refractivity contribution is 9.10. The van der Waals surface area contributed by atoms with Crippen molar-refractivity contribution in [1.29, 1.82) is 0 Å². The second-order valence-electron chi connectivity index (χ2n) is 4.74. The van der Waals surface area contributed by atoms with Crippen molar-refractivity contribution >= 4 is 15.9 Å². The number of phenols is 1. The molecule has 5 heteroatoms. The lowest BCUT2D eigenvalue weighted by atomic mass is 10.1. The molecule has 0 saturated heterocycles. The molecule has 2 rings (SSSR count). The minimum Gasteiger partial charge on any atom is -0.506 e. The number of phenolic OH excluding ortho intramolecular Hbond substituents is 1. The third-order valence-electron chi connectivity index (χ3n) is 3.34. The SMILES string of the molecule is COc1ccc(C(C)NCc2cccc(Br)c2O)cc1F. The maximum Gasteiger partial charge on any atom is 0.165 e. The molecule has 0 radical (unpaired) electrons. The number of halogens is 2. The van der Waals surface area contributed by atoms with Gasteiger partial charge in [0.2, 0.25) is 0 Å². The van der Waals surface area contributed by atoms with E-state index in [2.05, 4.69) is 21.2 Å². The van der Waals surface area contributed by atoms with Crippen molar-refractivity contribution in [2.75, 3.05) is 7.11 Å². The second kappa shape index (κ2) is 6.91. The van der Waals surface area contributed by atoms with E-state index >= 15 is 0 Å². The van der Waals surface area contributed by atoms with Gasteiger partial charge in [-0.25, -0.2) is 4.39 Å². The summed E-state index contributed by atoms with van der Waals surface area (Å²) in [5.41, 5.74) is 1.60. The van der Waals surface area contributed by atoms with Crippen LogP contribution in [-0.4, -0.2) is 12.2 Å². The Labute approximate surface area is 131 Å². The lowest BCUT2D eigenvalue weighted by Crippen LogP contribution is -2.18. The molecule has 0 aliphatic rings. The Balaban J connectivity index is 2.06. The molecule has 0 amide bonds. The zero-order valence-electron chi connectivity index (χ0n) is 11.9. The van der Waals surface area contributed by atoms with Crippen LogP contribution >= 0.6 is 15.9 Å². The van der Waals surface area contributed by atoms with Crippen LogP contribution in [0.15, 0.2) is 40.9 Å². The van der Waals surface area contributed by atoms with Gasteiger partial charge in [0.05, 0.1) is 11.6 Å². The van der Waals surface area contributed by atoms with E-state index in [1.54, 1.807) is 12.1 Å². The van der Waals surface area contributed by atoms with E-state index in [0.717, 1.165) is 11.1 Å². The van der Waals surface area contributed by atoms with Crippen LogP contribution in [0.25, 0.3) is 0 Å². The van der Waals surface area contributed by atoms with E-state index in [1.165, 1.54) is 13.2 Å². The Morgan fingerprint density at radius 1 is 1.33 bits per heavy atom. The van der Waals surface area contributed by atoms with Crippen LogP contribution in [0.2, 0.25) is 0 Å². The van der Waals surface area contributed by atoms with E-state index in [9.17, 15) is 9.50 Å². The predicted octanol–water partition coefficient (Wildman–Crippen LogP) is 4.15. The van der Waals surface area contributed by atoms with Gasteiger partial charge >= 0.3 is 0 Å². The highest BCUT2D eigenvalue weighted by atomic mass is 79.9. The van der Waals surface area contributed by atoms with Crippen molar-refractivity contribution in [1.82, 2.24) is 5.32 Å². The van der Waals surface area contributed by atoms with Gasteiger partial charge in [-0.15, -0.1) is 0 Å². The zero-order valence-corrected chi connectivity index (χ0v) is 13.4. The van der Waals surface area contributed by atoms with Crippen LogP contribution in [-0.2, 0) is 6.54 Å². The average molecular weight is 354 g/mol. The molecule has 1 atom stereocenters. The second-order valence-corrected chi connectivity index (χ2v) is 5.60. The highest BCUT2D eigenvalue weighted by Gasteiger charge is 2.11. The topological polar surface area (TPSA) is 41.5 Å². The standard InChI is InChI=1S/C16H17BrFNO2/c1-10(11-6-7-15(21-2)14(18)8-11)19-9-12-4-3-5-13(17)16(12)20/h3-8,10,19-20H,9H2,1-2H3. The number of para-hydroxylation sites is 1. The number of ether oxygens (including phenoxy) is 1. The van der Waals surface area contributed by atoms with Gasteiger partial charge < -0.3 is 15.2 Å². The number of rotatable bonds is 5. The summed E-state index contributed by atoms with van der Waals surface area (Å²) in [5, 5.41) is 13.2. The van der Waals surface area contributed by atoms with Gasteiger partial charge in [-0.2, -0.15) is 0 Å². The normalized spacial score (nSPS) is 12.2. The van der Waals surface area contributed by atoms with Crippen molar-refractivity contribution in [3.63, 3.8) is 0 Å². The molecule has 0 fully saturated rings. The Morgan fingerprint density at radius 3 is 2.76 bits per heavy atom. The van der Waals surface area contributed by atoms with Crippen molar-refractivity contribution < 1.29 is 14.2 Å². The third kappa shape index (κ3) is 3.74.